The van der Waals surface area contributed by atoms with Gasteiger partial charge >= 0.3 is 5.97 Å². The van der Waals surface area contributed by atoms with Crippen LogP contribution in [0, 0.1) is 0 Å². The molecule has 7 nitrogen and oxygen atoms in total. The molecule has 2 heterocycles. The van der Waals surface area contributed by atoms with E-state index in [9.17, 15) is 9.59 Å². The zero-order valence-corrected chi connectivity index (χ0v) is 27.5. The van der Waals surface area contributed by atoms with Crippen molar-refractivity contribution in [2.75, 3.05) is 13.2 Å². The van der Waals surface area contributed by atoms with Crippen LogP contribution in [0.3, 0.4) is 0 Å². The summed E-state index contributed by atoms with van der Waals surface area (Å²) in [7, 11) is 0. The van der Waals surface area contributed by atoms with Gasteiger partial charge in [0.25, 0.3) is 5.56 Å². The maximum Gasteiger partial charge on any atom is 0.338 e. The quantitative estimate of drug-likeness (QED) is 0.130. The summed E-state index contributed by atoms with van der Waals surface area (Å²) in [5.41, 5.74) is 3.69. The Morgan fingerprint density at radius 3 is 2.49 bits per heavy atom. The van der Waals surface area contributed by atoms with Crippen molar-refractivity contribution >= 4 is 46.6 Å². The second kappa shape index (κ2) is 14.3. The molecule has 1 aliphatic heterocycles. The van der Waals surface area contributed by atoms with Crippen molar-refractivity contribution in [2.45, 2.75) is 39.8 Å². The third-order valence-corrected chi connectivity index (χ3v) is 8.75. The van der Waals surface area contributed by atoms with E-state index in [1.54, 1.807) is 54.8 Å². The fourth-order valence-electron chi connectivity index (χ4n) is 5.17. The minimum Gasteiger partial charge on any atom is -0.490 e. The number of esters is 1. The van der Waals surface area contributed by atoms with Crippen LogP contribution < -0.4 is 24.4 Å². The number of halogens is 2. The molecule has 0 bridgehead atoms. The van der Waals surface area contributed by atoms with Gasteiger partial charge in [0.1, 0.15) is 6.61 Å². The van der Waals surface area contributed by atoms with Crippen molar-refractivity contribution in [3.05, 3.63) is 137 Å². The van der Waals surface area contributed by atoms with Gasteiger partial charge < -0.3 is 14.2 Å². The van der Waals surface area contributed by atoms with Crippen LogP contribution in [0.2, 0.25) is 10.0 Å². The first kappa shape index (κ1) is 32.3. The molecule has 0 fully saturated rings. The van der Waals surface area contributed by atoms with E-state index in [-0.39, 0.29) is 18.8 Å². The molecule has 0 radical (unpaired) electrons. The van der Waals surface area contributed by atoms with Crippen molar-refractivity contribution in [3.63, 3.8) is 0 Å². The first-order valence-corrected chi connectivity index (χ1v) is 16.0. The highest BCUT2D eigenvalue weighted by atomic mass is 35.5. The Labute approximate surface area is 275 Å². The Morgan fingerprint density at radius 2 is 1.80 bits per heavy atom. The van der Waals surface area contributed by atoms with Gasteiger partial charge in [-0.15, -0.1) is 6.58 Å². The zero-order chi connectivity index (χ0) is 32.1. The third kappa shape index (κ3) is 6.93. The lowest BCUT2D eigenvalue weighted by Crippen LogP contribution is -2.39. The van der Waals surface area contributed by atoms with E-state index < -0.39 is 12.0 Å². The maximum atomic E-state index is 14.1. The van der Waals surface area contributed by atoms with Crippen molar-refractivity contribution < 1.29 is 19.0 Å². The smallest absolute Gasteiger partial charge is 0.338 e. The summed E-state index contributed by atoms with van der Waals surface area (Å²) >= 11 is 13.8. The number of nitrogens with zero attached hydrogens (tertiary/aromatic N) is 2. The van der Waals surface area contributed by atoms with Gasteiger partial charge in [-0.2, -0.15) is 0 Å². The number of thiazole rings is 1. The number of carbonyl (C=O) groups is 1. The fraction of sp³-hybridized carbons (Fsp3) is 0.229. The predicted octanol–water partition coefficient (Wildman–Crippen LogP) is 6.81. The second-order valence-corrected chi connectivity index (χ2v) is 12.0. The molecule has 0 unspecified atom stereocenters. The molecular weight excluding hydrogens is 631 g/mol. The molecule has 5 rings (SSSR count). The molecule has 4 aromatic rings. The van der Waals surface area contributed by atoms with Gasteiger partial charge in [-0.3, -0.25) is 9.36 Å². The molecule has 1 aliphatic rings. The molecule has 0 aliphatic carbocycles. The number of hydrogen-bond donors (Lipinski definition) is 0. The molecule has 0 spiro atoms. The minimum atomic E-state index is -0.726. The van der Waals surface area contributed by atoms with Crippen LogP contribution in [0.1, 0.15) is 49.1 Å². The van der Waals surface area contributed by atoms with Crippen LogP contribution >= 0.6 is 34.5 Å². The zero-order valence-electron chi connectivity index (χ0n) is 25.1. The lowest BCUT2D eigenvalue weighted by Gasteiger charge is -2.24. The molecular formula is C35H32Cl2N2O5S. The summed E-state index contributed by atoms with van der Waals surface area (Å²) in [5.74, 6) is 0.617. The Hall–Kier alpha value is -4.11. The van der Waals surface area contributed by atoms with E-state index in [0.717, 1.165) is 22.3 Å². The van der Waals surface area contributed by atoms with Gasteiger partial charge in [-0.05, 0) is 74.7 Å². The first-order chi connectivity index (χ1) is 21.7. The van der Waals surface area contributed by atoms with Crippen LogP contribution in [0.4, 0.5) is 0 Å². The van der Waals surface area contributed by atoms with Crippen molar-refractivity contribution in [3.8, 4) is 11.5 Å². The number of rotatable bonds is 11. The number of aromatic nitrogens is 1. The lowest BCUT2D eigenvalue weighted by molar-refractivity contribution is -0.139. The summed E-state index contributed by atoms with van der Waals surface area (Å²) in [4.78, 5) is 32.4. The van der Waals surface area contributed by atoms with E-state index in [1.165, 1.54) is 11.3 Å². The molecule has 0 saturated heterocycles. The molecule has 45 heavy (non-hydrogen) atoms. The number of allylic oxidation sites excluding steroid dienone is 2. The summed E-state index contributed by atoms with van der Waals surface area (Å²) in [6, 6.07) is 17.7. The number of carbonyl (C=O) groups excluding carboxylic acids is 1. The van der Waals surface area contributed by atoms with Crippen molar-refractivity contribution in [1.82, 2.24) is 4.57 Å². The molecule has 0 amide bonds. The number of fused-ring (bicyclic) bond motifs is 1. The van der Waals surface area contributed by atoms with Crippen LogP contribution in [-0.4, -0.2) is 23.8 Å². The van der Waals surface area contributed by atoms with E-state index in [1.807, 2.05) is 43.3 Å². The first-order valence-electron chi connectivity index (χ1n) is 14.5. The Balaban J connectivity index is 1.63. The number of hydrogen-bond acceptors (Lipinski definition) is 7. The summed E-state index contributed by atoms with van der Waals surface area (Å²) in [6.45, 7) is 10.2. The van der Waals surface area contributed by atoms with Gasteiger partial charge in [-0.25, -0.2) is 9.79 Å². The Morgan fingerprint density at radius 1 is 1.04 bits per heavy atom. The average molecular weight is 664 g/mol. The highest BCUT2D eigenvalue weighted by Crippen LogP contribution is 2.36. The SMILES string of the molecule is C=CCc1cc(/C=c2/sc3n(c2=O)[C@H](c2ccc(Cl)cc2)C(C(=O)OCC)=C(C)N=3)cc(OCC)c1OCc1ccccc1Cl. The topological polar surface area (TPSA) is 79.1 Å². The van der Waals surface area contributed by atoms with Gasteiger partial charge in [-0.1, -0.05) is 70.9 Å². The largest absolute Gasteiger partial charge is 0.490 e. The highest BCUT2D eigenvalue weighted by molar-refractivity contribution is 7.07. The van der Waals surface area contributed by atoms with Gasteiger partial charge in [0.2, 0.25) is 0 Å². The van der Waals surface area contributed by atoms with Crippen molar-refractivity contribution in [1.29, 1.82) is 0 Å². The minimum absolute atomic E-state index is 0.195. The van der Waals surface area contributed by atoms with Gasteiger partial charge in [0.05, 0.1) is 35.1 Å². The number of benzene rings is 3. The summed E-state index contributed by atoms with van der Waals surface area (Å²) < 4.78 is 19.7. The summed E-state index contributed by atoms with van der Waals surface area (Å²) in [5, 5.41) is 1.16. The molecule has 1 aromatic heterocycles. The molecule has 0 N–H and O–H groups in total. The van der Waals surface area contributed by atoms with E-state index in [0.29, 0.717) is 55.2 Å². The summed E-state index contributed by atoms with van der Waals surface area (Å²) in [6.07, 6.45) is 4.11. The standard InChI is InChI=1S/C35H32Cl2N2O5S/c1-5-10-24-17-22(18-28(42-6-2)32(24)44-20-25-11-8-9-12-27(25)37)19-29-33(40)39-31(23-13-15-26(36)16-14-23)30(34(41)43-7-3)21(4)38-35(39)45-29/h5,8-9,11-19,31H,1,6-7,10,20H2,2-4H3/b29-19+/t31-/m1/s1. The van der Waals surface area contributed by atoms with Crippen LogP contribution in [0.25, 0.3) is 6.08 Å². The monoisotopic (exact) mass is 662 g/mol. The molecule has 3 aromatic carbocycles. The van der Waals surface area contributed by atoms with Gasteiger partial charge in [0.15, 0.2) is 16.3 Å². The molecule has 0 saturated carbocycles. The predicted molar refractivity (Wildman–Crippen MR) is 179 cm³/mol. The normalized spacial score (nSPS) is 14.5. The van der Waals surface area contributed by atoms with Gasteiger partial charge in [0, 0.05) is 21.2 Å². The van der Waals surface area contributed by atoms with Crippen LogP contribution in [0.5, 0.6) is 11.5 Å². The van der Waals surface area contributed by atoms with E-state index in [2.05, 4.69) is 11.6 Å². The highest BCUT2D eigenvalue weighted by Gasteiger charge is 2.33. The molecule has 10 heteroatoms. The van der Waals surface area contributed by atoms with Crippen LogP contribution in [-0.2, 0) is 22.6 Å². The number of ether oxygens (including phenoxy) is 3. The van der Waals surface area contributed by atoms with E-state index in [4.69, 9.17) is 37.4 Å². The Bertz CT molecular complexity index is 1960. The average Bonchev–Trinajstić information content (AvgIpc) is 3.31. The second-order valence-electron chi connectivity index (χ2n) is 10.2. The third-order valence-electron chi connectivity index (χ3n) is 7.15. The molecule has 1 atom stereocenters. The Kier molecular flexibility index (Phi) is 10.3. The van der Waals surface area contributed by atoms with Crippen molar-refractivity contribution in [2.24, 2.45) is 4.99 Å². The molecule has 232 valence electrons. The van der Waals surface area contributed by atoms with E-state index >= 15 is 0 Å². The maximum absolute atomic E-state index is 14.1. The van der Waals surface area contributed by atoms with Crippen LogP contribution in [0.15, 0.2) is 94.4 Å². The fourth-order valence-corrected chi connectivity index (χ4v) is 6.53. The lowest BCUT2D eigenvalue weighted by atomic mass is 9.96.